The van der Waals surface area contributed by atoms with Crippen LogP contribution in [0.3, 0.4) is 0 Å². The molecule has 2 aliphatic heterocycles. The lowest BCUT2D eigenvalue weighted by atomic mass is 9.87. The lowest BCUT2D eigenvalue weighted by Gasteiger charge is -2.24. The number of carbonyl (C=O) groups excluding carboxylic acids is 1. The van der Waals surface area contributed by atoms with E-state index in [1.165, 1.54) is 0 Å². The van der Waals surface area contributed by atoms with Crippen LogP contribution in [0.15, 0.2) is 34.7 Å². The summed E-state index contributed by atoms with van der Waals surface area (Å²) < 4.78 is 5.54. The summed E-state index contributed by atoms with van der Waals surface area (Å²) in [6.45, 7) is 6.07. The molecule has 35 heavy (non-hydrogen) atoms. The minimum absolute atomic E-state index is 0.00343. The number of ether oxygens (including phenoxy) is 1. The van der Waals surface area contributed by atoms with Gasteiger partial charge in [-0.05, 0) is 45.3 Å². The number of aromatic nitrogens is 3. The molecule has 2 aromatic heterocycles. The summed E-state index contributed by atoms with van der Waals surface area (Å²) >= 11 is 13.0. The second kappa shape index (κ2) is 8.84. The molecule has 1 amide bonds. The number of fused-ring (bicyclic) bond motifs is 2. The molecule has 5 rings (SSSR count). The number of aryl methyl sites for hydroxylation is 1. The van der Waals surface area contributed by atoms with Gasteiger partial charge in [0.1, 0.15) is 10.9 Å². The van der Waals surface area contributed by atoms with Crippen molar-refractivity contribution in [3.8, 4) is 5.75 Å². The standard InChI is InChI=1S/C25H26Cl2N6O2/c1-11-9-29-18(13(3)21(11)35-4)10-33-23-20(22(27)31-25(28)32-23)14(24(33)34)8-17-12(2)19-15(26)6-5-7-16(19)30-17/h6,8-9,16,19,30H,5,7,10H2,1-4H3,(H2,28,31,32)/b14-8-. The number of nitrogens with one attached hydrogen (secondary N) is 1. The van der Waals surface area contributed by atoms with Gasteiger partial charge < -0.3 is 15.8 Å². The third-order valence-electron chi connectivity index (χ3n) is 6.96. The molecule has 0 radical (unpaired) electrons. The van der Waals surface area contributed by atoms with Gasteiger partial charge in [0, 0.05) is 40.0 Å². The van der Waals surface area contributed by atoms with Crippen molar-refractivity contribution in [2.45, 2.75) is 46.2 Å². The number of hydrogen-bond acceptors (Lipinski definition) is 7. The first-order chi connectivity index (χ1) is 16.7. The Morgan fingerprint density at radius 1 is 1.29 bits per heavy atom. The maximum Gasteiger partial charge on any atom is 0.260 e. The molecule has 0 aromatic carbocycles. The molecular weight excluding hydrogens is 487 g/mol. The molecule has 8 nitrogen and oxygen atoms in total. The van der Waals surface area contributed by atoms with Crippen molar-refractivity contribution in [2.24, 2.45) is 5.92 Å². The lowest BCUT2D eigenvalue weighted by molar-refractivity contribution is -0.113. The predicted molar refractivity (Wildman–Crippen MR) is 137 cm³/mol. The fraction of sp³-hybridized carbons (Fsp3) is 0.360. The van der Waals surface area contributed by atoms with E-state index < -0.39 is 0 Å². The van der Waals surface area contributed by atoms with E-state index in [0.717, 1.165) is 46.0 Å². The molecule has 0 saturated heterocycles. The number of hydrogen-bond donors (Lipinski definition) is 2. The molecule has 2 unspecified atom stereocenters. The summed E-state index contributed by atoms with van der Waals surface area (Å²) in [7, 11) is 1.62. The molecule has 3 aliphatic rings. The van der Waals surface area contributed by atoms with Gasteiger partial charge in [0.05, 0.1) is 30.5 Å². The Morgan fingerprint density at radius 3 is 2.77 bits per heavy atom. The molecule has 3 N–H and O–H groups in total. The van der Waals surface area contributed by atoms with Crippen LogP contribution in [0.2, 0.25) is 5.15 Å². The van der Waals surface area contributed by atoms with Crippen molar-refractivity contribution >= 4 is 46.4 Å². The van der Waals surface area contributed by atoms with Crippen LogP contribution in [0.5, 0.6) is 5.75 Å². The van der Waals surface area contributed by atoms with Gasteiger partial charge in [0.2, 0.25) is 5.95 Å². The molecule has 182 valence electrons. The molecule has 0 bridgehead atoms. The smallest absolute Gasteiger partial charge is 0.260 e. The van der Waals surface area contributed by atoms with Gasteiger partial charge >= 0.3 is 0 Å². The number of allylic oxidation sites excluding steroid dienone is 2. The van der Waals surface area contributed by atoms with E-state index in [4.69, 9.17) is 33.7 Å². The van der Waals surface area contributed by atoms with Crippen LogP contribution in [0, 0.1) is 19.8 Å². The number of methoxy groups -OCH3 is 1. The predicted octanol–water partition coefficient (Wildman–Crippen LogP) is 4.44. The highest BCUT2D eigenvalue weighted by molar-refractivity contribution is 6.39. The number of nitrogens with two attached hydrogens (primary N) is 1. The zero-order chi connectivity index (χ0) is 25.0. The van der Waals surface area contributed by atoms with Gasteiger partial charge in [-0.25, -0.2) is 4.98 Å². The highest BCUT2D eigenvalue weighted by atomic mass is 35.5. The topological polar surface area (TPSA) is 106 Å². The van der Waals surface area contributed by atoms with Crippen LogP contribution in [0.25, 0.3) is 5.57 Å². The van der Waals surface area contributed by atoms with Crippen LogP contribution in [0.4, 0.5) is 11.8 Å². The number of amides is 1. The van der Waals surface area contributed by atoms with E-state index in [0.29, 0.717) is 22.6 Å². The second-order valence-electron chi connectivity index (χ2n) is 9.06. The van der Waals surface area contributed by atoms with Gasteiger partial charge in [-0.15, -0.1) is 0 Å². The molecule has 4 heterocycles. The molecule has 2 atom stereocenters. The van der Waals surface area contributed by atoms with Crippen LogP contribution < -0.4 is 20.7 Å². The summed E-state index contributed by atoms with van der Waals surface area (Å²) in [6, 6.07) is 0.205. The third-order valence-corrected chi connectivity index (χ3v) is 7.62. The average molecular weight is 513 g/mol. The molecule has 0 fully saturated rings. The van der Waals surface area contributed by atoms with E-state index in [9.17, 15) is 4.79 Å². The molecule has 0 spiro atoms. The Labute approximate surface area is 213 Å². The van der Waals surface area contributed by atoms with E-state index in [1.54, 1.807) is 18.2 Å². The van der Waals surface area contributed by atoms with E-state index in [-0.39, 0.29) is 35.5 Å². The van der Waals surface area contributed by atoms with Crippen molar-refractivity contribution in [3.63, 3.8) is 0 Å². The second-order valence-corrected chi connectivity index (χ2v) is 9.85. The highest BCUT2D eigenvalue weighted by Gasteiger charge is 2.40. The summed E-state index contributed by atoms with van der Waals surface area (Å²) in [5.41, 5.74) is 11.2. The van der Waals surface area contributed by atoms with Gasteiger partial charge in [-0.2, -0.15) is 4.98 Å². The number of nitrogen functional groups attached to an aromatic ring is 1. The minimum Gasteiger partial charge on any atom is -0.496 e. The maximum atomic E-state index is 13.8. The molecule has 10 heteroatoms. The van der Waals surface area contributed by atoms with Crippen molar-refractivity contribution in [1.82, 2.24) is 20.3 Å². The Hall–Kier alpha value is -3.10. The summed E-state index contributed by atoms with van der Waals surface area (Å²) in [5, 5.41) is 4.52. The minimum atomic E-state index is -0.249. The SMILES string of the molecule is COc1c(C)cnc(CN2C(=O)/C(=C\C3=C(C)C4C(Cl)=CCCC4N3)c3c(Cl)nc(N)nc32)c1C. The summed E-state index contributed by atoms with van der Waals surface area (Å²) in [6.07, 6.45) is 7.53. The Balaban J connectivity index is 1.59. The first kappa shape index (κ1) is 23.6. The van der Waals surface area contributed by atoms with E-state index in [2.05, 4.69) is 26.3 Å². The highest BCUT2D eigenvalue weighted by Crippen LogP contribution is 2.44. The first-order valence-corrected chi connectivity index (χ1v) is 12.2. The molecular formula is C25H26Cl2N6O2. The average Bonchev–Trinajstić information content (AvgIpc) is 3.26. The van der Waals surface area contributed by atoms with Gasteiger partial charge in [0.25, 0.3) is 5.91 Å². The lowest BCUT2D eigenvalue weighted by Crippen LogP contribution is -2.31. The maximum absolute atomic E-state index is 13.8. The van der Waals surface area contributed by atoms with Crippen molar-refractivity contribution in [2.75, 3.05) is 17.7 Å². The first-order valence-electron chi connectivity index (χ1n) is 11.4. The van der Waals surface area contributed by atoms with Crippen LogP contribution in [-0.2, 0) is 11.3 Å². The van der Waals surface area contributed by atoms with Crippen LogP contribution in [0.1, 0.15) is 42.1 Å². The van der Waals surface area contributed by atoms with E-state index >= 15 is 0 Å². The monoisotopic (exact) mass is 512 g/mol. The van der Waals surface area contributed by atoms with E-state index in [1.807, 2.05) is 26.8 Å². The quantitative estimate of drug-likeness (QED) is 0.460. The zero-order valence-corrected chi connectivity index (χ0v) is 21.5. The van der Waals surface area contributed by atoms with Crippen molar-refractivity contribution < 1.29 is 9.53 Å². The van der Waals surface area contributed by atoms with Gasteiger partial charge in [0.15, 0.2) is 5.82 Å². The fourth-order valence-corrected chi connectivity index (χ4v) is 5.90. The molecule has 2 aromatic rings. The number of rotatable bonds is 4. The number of carbonyl (C=O) groups is 1. The Kier molecular flexibility index (Phi) is 5.97. The molecule has 1 aliphatic carbocycles. The van der Waals surface area contributed by atoms with Gasteiger partial charge in [-0.3, -0.25) is 14.7 Å². The number of pyridine rings is 1. The number of anilines is 2. The Bertz CT molecular complexity index is 1350. The van der Waals surface area contributed by atoms with Crippen molar-refractivity contribution in [1.29, 1.82) is 0 Å². The Morgan fingerprint density at radius 2 is 2.06 bits per heavy atom. The summed E-state index contributed by atoms with van der Waals surface area (Å²) in [5.74, 6) is 0.958. The summed E-state index contributed by atoms with van der Waals surface area (Å²) in [4.78, 5) is 28.4. The molecule has 0 saturated carbocycles. The van der Waals surface area contributed by atoms with Gasteiger partial charge in [-0.1, -0.05) is 29.3 Å². The number of nitrogens with zero attached hydrogens (tertiary/aromatic N) is 4. The largest absolute Gasteiger partial charge is 0.496 e. The van der Waals surface area contributed by atoms with Crippen LogP contribution in [-0.4, -0.2) is 34.0 Å². The van der Waals surface area contributed by atoms with Crippen LogP contribution >= 0.6 is 23.2 Å². The number of halogens is 2. The zero-order valence-electron chi connectivity index (χ0n) is 19.9. The van der Waals surface area contributed by atoms with Crippen molar-refractivity contribution in [3.05, 3.63) is 62.2 Å². The normalized spacial score (nSPS) is 22.3. The fourth-order valence-electron chi connectivity index (χ4n) is 5.21. The third kappa shape index (κ3) is 3.85.